The molecule has 1 aromatic rings. The highest BCUT2D eigenvalue weighted by Gasteiger charge is 2.31. The molecule has 1 aliphatic heterocycles. The summed E-state index contributed by atoms with van der Waals surface area (Å²) >= 11 is 0. The van der Waals surface area contributed by atoms with Gasteiger partial charge in [-0.15, -0.1) is 0 Å². The van der Waals surface area contributed by atoms with Crippen LogP contribution in [-0.2, 0) is 0 Å². The minimum absolute atomic E-state index is 0.600. The topological polar surface area (TPSA) is 28.2 Å². The van der Waals surface area contributed by atoms with Crippen molar-refractivity contribution < 1.29 is 0 Å². The lowest BCUT2D eigenvalue weighted by molar-refractivity contribution is 0.125. The third-order valence-electron chi connectivity index (χ3n) is 4.42. The van der Waals surface area contributed by atoms with Gasteiger partial charge in [-0.25, -0.2) is 0 Å². The van der Waals surface area contributed by atoms with Gasteiger partial charge in [-0.2, -0.15) is 0 Å². The monoisotopic (exact) mass is 245 g/mol. The first-order valence-electron chi connectivity index (χ1n) is 7.30. The zero-order valence-corrected chi connectivity index (χ0v) is 11.0. The van der Waals surface area contributed by atoms with E-state index in [1.54, 1.807) is 0 Å². The summed E-state index contributed by atoms with van der Waals surface area (Å²) in [6.07, 6.45) is 9.56. The fourth-order valence-corrected chi connectivity index (χ4v) is 3.57. The van der Waals surface area contributed by atoms with Crippen molar-refractivity contribution in [2.45, 2.75) is 31.7 Å². The first-order valence-corrected chi connectivity index (χ1v) is 7.30. The molecular weight excluding hydrogens is 222 g/mol. The van der Waals surface area contributed by atoms with E-state index in [1.165, 1.54) is 44.3 Å². The average Bonchev–Trinajstić information content (AvgIpc) is 2.95. The van der Waals surface area contributed by atoms with Gasteiger partial charge in [-0.05, 0) is 30.4 Å². The van der Waals surface area contributed by atoms with E-state index in [-0.39, 0.29) is 0 Å². The van der Waals surface area contributed by atoms with Gasteiger partial charge in [0.2, 0.25) is 0 Å². The average molecular weight is 245 g/mol. The second-order valence-electron chi connectivity index (χ2n) is 5.56. The molecule has 18 heavy (non-hydrogen) atoms. The Hall–Kier alpha value is -0.930. The van der Waals surface area contributed by atoms with E-state index >= 15 is 0 Å². The van der Waals surface area contributed by atoms with E-state index in [0.717, 1.165) is 19.0 Å². The van der Waals surface area contributed by atoms with Gasteiger partial charge in [0.1, 0.15) is 0 Å². The van der Waals surface area contributed by atoms with Crippen molar-refractivity contribution in [2.24, 2.45) is 5.92 Å². The highest BCUT2D eigenvalue weighted by atomic mass is 15.2. The molecule has 98 valence electrons. The number of hydrogen-bond acceptors (Lipinski definition) is 3. The SMILES string of the molecule is c1cncc([C@@H](C2CCCC2)N2CCNCC2)c1. The van der Waals surface area contributed by atoms with Crippen LogP contribution in [0.15, 0.2) is 24.5 Å². The molecule has 1 aromatic heterocycles. The Labute approximate surface area is 110 Å². The predicted octanol–water partition coefficient (Wildman–Crippen LogP) is 2.22. The van der Waals surface area contributed by atoms with Crippen LogP contribution in [0.5, 0.6) is 0 Å². The van der Waals surface area contributed by atoms with E-state index < -0.39 is 0 Å². The summed E-state index contributed by atoms with van der Waals surface area (Å²) in [6.45, 7) is 4.61. The fraction of sp³-hybridized carbons (Fsp3) is 0.667. The van der Waals surface area contributed by atoms with Crippen LogP contribution in [-0.4, -0.2) is 36.1 Å². The number of hydrogen-bond donors (Lipinski definition) is 1. The molecule has 3 rings (SSSR count). The lowest BCUT2D eigenvalue weighted by Gasteiger charge is -2.38. The van der Waals surface area contributed by atoms with Crippen LogP contribution >= 0.6 is 0 Å². The summed E-state index contributed by atoms with van der Waals surface area (Å²) in [6, 6.07) is 4.95. The van der Waals surface area contributed by atoms with Gasteiger partial charge < -0.3 is 5.32 Å². The van der Waals surface area contributed by atoms with Crippen LogP contribution < -0.4 is 5.32 Å². The molecule has 2 heterocycles. The molecular formula is C15H23N3. The van der Waals surface area contributed by atoms with Crippen molar-refractivity contribution in [3.63, 3.8) is 0 Å². The van der Waals surface area contributed by atoms with E-state index in [9.17, 15) is 0 Å². The van der Waals surface area contributed by atoms with E-state index in [4.69, 9.17) is 0 Å². The Balaban J connectivity index is 1.82. The van der Waals surface area contributed by atoms with Crippen molar-refractivity contribution in [3.05, 3.63) is 30.1 Å². The van der Waals surface area contributed by atoms with Gasteiger partial charge in [0.25, 0.3) is 0 Å². The summed E-state index contributed by atoms with van der Waals surface area (Å²) in [4.78, 5) is 7.00. The highest BCUT2D eigenvalue weighted by Crippen LogP contribution is 2.39. The Morgan fingerprint density at radius 2 is 2.00 bits per heavy atom. The van der Waals surface area contributed by atoms with Crippen LogP contribution in [0.25, 0.3) is 0 Å². The normalized spacial score (nSPS) is 24.2. The Morgan fingerprint density at radius 3 is 2.67 bits per heavy atom. The number of rotatable bonds is 3. The molecule has 1 aliphatic carbocycles. The maximum absolute atomic E-state index is 4.33. The molecule has 3 nitrogen and oxygen atoms in total. The van der Waals surface area contributed by atoms with E-state index in [0.29, 0.717) is 6.04 Å². The van der Waals surface area contributed by atoms with E-state index in [1.807, 2.05) is 6.20 Å². The summed E-state index contributed by atoms with van der Waals surface area (Å²) in [5.41, 5.74) is 1.42. The van der Waals surface area contributed by atoms with E-state index in [2.05, 4.69) is 33.5 Å². The van der Waals surface area contributed by atoms with Gasteiger partial charge in [-0.3, -0.25) is 9.88 Å². The Kier molecular flexibility index (Phi) is 3.91. The van der Waals surface area contributed by atoms with Gasteiger partial charge in [-0.1, -0.05) is 18.9 Å². The number of aromatic nitrogens is 1. The molecule has 0 unspecified atom stereocenters. The molecule has 0 amide bonds. The van der Waals surface area contributed by atoms with Crippen molar-refractivity contribution in [1.82, 2.24) is 15.2 Å². The molecule has 1 saturated carbocycles. The maximum atomic E-state index is 4.33. The smallest absolute Gasteiger partial charge is 0.0392 e. The quantitative estimate of drug-likeness (QED) is 0.885. The molecule has 1 atom stereocenters. The van der Waals surface area contributed by atoms with Crippen molar-refractivity contribution in [3.8, 4) is 0 Å². The van der Waals surface area contributed by atoms with Crippen molar-refractivity contribution in [1.29, 1.82) is 0 Å². The van der Waals surface area contributed by atoms with Crippen LogP contribution in [0.1, 0.15) is 37.3 Å². The van der Waals surface area contributed by atoms with Crippen LogP contribution in [0.3, 0.4) is 0 Å². The van der Waals surface area contributed by atoms with Crippen LogP contribution in [0.4, 0.5) is 0 Å². The number of nitrogens with one attached hydrogen (secondary N) is 1. The molecule has 1 saturated heterocycles. The molecule has 0 aromatic carbocycles. The van der Waals surface area contributed by atoms with Crippen LogP contribution in [0, 0.1) is 5.92 Å². The molecule has 2 fully saturated rings. The summed E-state index contributed by atoms with van der Waals surface area (Å²) < 4.78 is 0. The summed E-state index contributed by atoms with van der Waals surface area (Å²) in [5, 5.41) is 3.45. The van der Waals surface area contributed by atoms with Gasteiger partial charge in [0.15, 0.2) is 0 Å². The second kappa shape index (κ2) is 5.81. The van der Waals surface area contributed by atoms with Gasteiger partial charge in [0.05, 0.1) is 0 Å². The summed E-state index contributed by atoms with van der Waals surface area (Å²) in [7, 11) is 0. The molecule has 0 radical (unpaired) electrons. The molecule has 1 N–H and O–H groups in total. The second-order valence-corrected chi connectivity index (χ2v) is 5.56. The van der Waals surface area contributed by atoms with Crippen molar-refractivity contribution >= 4 is 0 Å². The number of nitrogens with zero attached hydrogens (tertiary/aromatic N) is 2. The first-order chi connectivity index (χ1) is 8.95. The minimum Gasteiger partial charge on any atom is -0.314 e. The molecule has 3 heteroatoms. The maximum Gasteiger partial charge on any atom is 0.0392 e. The Morgan fingerprint density at radius 1 is 1.22 bits per heavy atom. The minimum atomic E-state index is 0.600. The zero-order chi connectivity index (χ0) is 12.2. The standard InChI is InChI=1S/C15H23N3/c1-2-5-13(4-1)15(14-6-3-7-17-12-14)18-10-8-16-9-11-18/h3,6-7,12-13,15-16H,1-2,4-5,8-11H2/t15-/m1/s1. The lowest BCUT2D eigenvalue weighted by atomic mass is 9.90. The van der Waals surface area contributed by atoms with Crippen LogP contribution in [0.2, 0.25) is 0 Å². The molecule has 0 bridgehead atoms. The zero-order valence-electron chi connectivity index (χ0n) is 11.0. The summed E-state index contributed by atoms with van der Waals surface area (Å²) in [5.74, 6) is 0.840. The molecule has 0 spiro atoms. The first kappa shape index (κ1) is 12.1. The third-order valence-corrected chi connectivity index (χ3v) is 4.42. The van der Waals surface area contributed by atoms with Gasteiger partial charge >= 0.3 is 0 Å². The van der Waals surface area contributed by atoms with Gasteiger partial charge in [0, 0.05) is 44.6 Å². The number of piperazine rings is 1. The molecule has 2 aliphatic rings. The lowest BCUT2D eigenvalue weighted by Crippen LogP contribution is -2.46. The fourth-order valence-electron chi connectivity index (χ4n) is 3.57. The highest BCUT2D eigenvalue weighted by molar-refractivity contribution is 5.16. The number of pyridine rings is 1. The van der Waals surface area contributed by atoms with Crippen molar-refractivity contribution in [2.75, 3.05) is 26.2 Å². The Bertz CT molecular complexity index is 353. The predicted molar refractivity (Wildman–Crippen MR) is 73.4 cm³/mol. The largest absolute Gasteiger partial charge is 0.314 e. The third kappa shape index (κ3) is 2.57.